The van der Waals surface area contributed by atoms with E-state index in [-0.39, 0.29) is 23.0 Å². The fourth-order valence-electron chi connectivity index (χ4n) is 2.78. The third-order valence-corrected chi connectivity index (χ3v) is 7.12. The number of nitrogens with one attached hydrogen (secondary N) is 1. The number of anilines is 1. The summed E-state index contributed by atoms with van der Waals surface area (Å²) in [7, 11) is 0.854. The molecule has 0 bridgehead atoms. The number of thiazole rings is 1. The van der Waals surface area contributed by atoms with E-state index in [1.165, 1.54) is 56.8 Å². The van der Waals surface area contributed by atoms with E-state index in [2.05, 4.69) is 10.3 Å². The van der Waals surface area contributed by atoms with E-state index < -0.39 is 15.8 Å². The number of hydrogen-bond donors (Lipinski definition) is 1. The maximum atomic E-state index is 13.7. The lowest BCUT2D eigenvalue weighted by molar-refractivity contribution is -0.116. The Bertz CT molecular complexity index is 1180. The Kier molecular flexibility index (Phi) is 7.04. The molecule has 0 aliphatic carbocycles. The topological polar surface area (TPSA) is 88.6 Å². The van der Waals surface area contributed by atoms with Crippen molar-refractivity contribution < 1.29 is 22.3 Å². The first-order valence-electron chi connectivity index (χ1n) is 9.31. The van der Waals surface area contributed by atoms with Crippen molar-refractivity contribution in [2.45, 2.75) is 17.7 Å². The van der Waals surface area contributed by atoms with Crippen molar-refractivity contribution in [3.05, 3.63) is 59.2 Å². The van der Waals surface area contributed by atoms with Crippen LogP contribution in [0, 0.1) is 5.82 Å². The molecule has 0 radical (unpaired) electrons. The Hall–Kier alpha value is -2.82. The summed E-state index contributed by atoms with van der Waals surface area (Å²) in [6.07, 6.45) is 0.560. The molecule has 0 atom stereocenters. The number of methoxy groups -OCH3 is 1. The van der Waals surface area contributed by atoms with Gasteiger partial charge in [-0.15, -0.1) is 11.3 Å². The van der Waals surface area contributed by atoms with Crippen molar-refractivity contribution in [1.82, 2.24) is 9.29 Å². The molecule has 31 heavy (non-hydrogen) atoms. The van der Waals surface area contributed by atoms with Crippen molar-refractivity contribution in [3.63, 3.8) is 0 Å². The first kappa shape index (κ1) is 22.9. The number of rotatable bonds is 8. The van der Waals surface area contributed by atoms with Crippen LogP contribution in [0.5, 0.6) is 5.75 Å². The number of ether oxygens (including phenoxy) is 1. The van der Waals surface area contributed by atoms with Crippen LogP contribution in [0.15, 0.2) is 52.7 Å². The Labute approximate surface area is 184 Å². The van der Waals surface area contributed by atoms with E-state index in [1.807, 2.05) is 0 Å². The molecule has 10 heteroatoms. The van der Waals surface area contributed by atoms with E-state index in [0.717, 1.165) is 9.87 Å². The molecular formula is C21H22FN3O4S2. The predicted octanol–water partition coefficient (Wildman–Crippen LogP) is 3.78. The highest BCUT2D eigenvalue weighted by Crippen LogP contribution is 2.26. The molecule has 0 saturated heterocycles. The second-order valence-electron chi connectivity index (χ2n) is 6.87. The summed E-state index contributed by atoms with van der Waals surface area (Å²) in [5.74, 6) is -0.533. The minimum atomic E-state index is -3.49. The zero-order valence-electron chi connectivity index (χ0n) is 17.3. The quantitative estimate of drug-likeness (QED) is 0.549. The van der Waals surface area contributed by atoms with Crippen molar-refractivity contribution >= 4 is 32.4 Å². The van der Waals surface area contributed by atoms with Gasteiger partial charge < -0.3 is 10.1 Å². The van der Waals surface area contributed by atoms with Gasteiger partial charge in [-0.25, -0.2) is 22.1 Å². The van der Waals surface area contributed by atoms with Crippen molar-refractivity contribution in [2.24, 2.45) is 0 Å². The fraction of sp³-hybridized carbons (Fsp3) is 0.238. The van der Waals surface area contributed by atoms with Crippen LogP contribution >= 0.6 is 11.3 Å². The summed E-state index contributed by atoms with van der Waals surface area (Å²) in [5.41, 5.74) is 2.07. The minimum Gasteiger partial charge on any atom is -0.494 e. The van der Waals surface area contributed by atoms with Crippen LogP contribution in [0.3, 0.4) is 0 Å². The van der Waals surface area contributed by atoms with E-state index in [1.54, 1.807) is 23.6 Å². The molecule has 0 unspecified atom stereocenters. The third kappa shape index (κ3) is 5.46. The zero-order chi connectivity index (χ0) is 22.6. The van der Waals surface area contributed by atoms with Gasteiger partial charge in [0.1, 0.15) is 0 Å². The van der Waals surface area contributed by atoms with E-state index in [4.69, 9.17) is 4.74 Å². The molecule has 0 spiro atoms. The van der Waals surface area contributed by atoms with Crippen molar-refractivity contribution in [3.8, 4) is 17.0 Å². The summed E-state index contributed by atoms with van der Waals surface area (Å²) in [6.45, 7) is 0. The number of hydrogen-bond acceptors (Lipinski definition) is 6. The molecule has 1 aromatic heterocycles. The molecule has 3 rings (SSSR count). The number of sulfonamides is 1. The molecule has 1 heterocycles. The van der Waals surface area contributed by atoms with Gasteiger partial charge >= 0.3 is 0 Å². The number of amides is 1. The van der Waals surface area contributed by atoms with Gasteiger partial charge in [-0.3, -0.25) is 4.79 Å². The van der Waals surface area contributed by atoms with Crippen LogP contribution in [0.25, 0.3) is 11.3 Å². The standard InChI is InChI=1S/C21H22FN3O4S2/c1-25(2)31(27,28)16-8-6-15(7-9-16)18-13-30-21(23-18)24-20(26)11-5-14-4-10-19(29-3)17(22)12-14/h4,6-10,12-13H,5,11H2,1-3H3,(H,23,24,26). The van der Waals surface area contributed by atoms with Crippen LogP contribution in [0.1, 0.15) is 12.0 Å². The van der Waals surface area contributed by atoms with Gasteiger partial charge in [-0.2, -0.15) is 0 Å². The predicted molar refractivity (Wildman–Crippen MR) is 118 cm³/mol. The van der Waals surface area contributed by atoms with Gasteiger partial charge in [-0.05, 0) is 36.2 Å². The summed E-state index contributed by atoms with van der Waals surface area (Å²) >= 11 is 1.27. The highest BCUT2D eigenvalue weighted by atomic mass is 32.2. The number of aromatic nitrogens is 1. The van der Waals surface area contributed by atoms with Gasteiger partial charge in [-0.1, -0.05) is 18.2 Å². The molecule has 7 nitrogen and oxygen atoms in total. The average Bonchev–Trinajstić information content (AvgIpc) is 3.20. The van der Waals surface area contributed by atoms with Crippen molar-refractivity contribution in [1.29, 1.82) is 0 Å². The Balaban J connectivity index is 1.60. The van der Waals surface area contributed by atoms with Crippen molar-refractivity contribution in [2.75, 3.05) is 26.5 Å². The maximum Gasteiger partial charge on any atom is 0.242 e. The van der Waals surface area contributed by atoms with Gasteiger partial charge in [0.25, 0.3) is 0 Å². The first-order chi connectivity index (χ1) is 14.7. The minimum absolute atomic E-state index is 0.163. The molecule has 0 fully saturated rings. The Morgan fingerprint density at radius 3 is 2.52 bits per heavy atom. The molecule has 3 aromatic rings. The van der Waals surface area contributed by atoms with E-state index in [9.17, 15) is 17.6 Å². The van der Waals surface area contributed by atoms with Crippen LogP contribution in [-0.2, 0) is 21.2 Å². The lowest BCUT2D eigenvalue weighted by Gasteiger charge is -2.11. The van der Waals surface area contributed by atoms with Gasteiger partial charge in [0.05, 0.1) is 17.7 Å². The number of carbonyl (C=O) groups is 1. The molecule has 0 saturated carbocycles. The first-order valence-corrected chi connectivity index (χ1v) is 11.6. The summed E-state index contributed by atoms with van der Waals surface area (Å²) < 4.78 is 44.1. The number of benzene rings is 2. The molecular weight excluding hydrogens is 441 g/mol. The average molecular weight is 464 g/mol. The zero-order valence-corrected chi connectivity index (χ0v) is 18.9. The molecule has 164 valence electrons. The van der Waals surface area contributed by atoms with Crippen LogP contribution in [0.2, 0.25) is 0 Å². The highest BCUT2D eigenvalue weighted by Gasteiger charge is 2.17. The SMILES string of the molecule is COc1ccc(CCC(=O)Nc2nc(-c3ccc(S(=O)(=O)N(C)C)cc3)cs2)cc1F. The Morgan fingerprint density at radius 2 is 1.90 bits per heavy atom. The maximum absolute atomic E-state index is 13.7. The van der Waals surface area contributed by atoms with Gasteiger partial charge in [0.15, 0.2) is 16.7 Å². The molecule has 2 aromatic carbocycles. The second-order valence-corrected chi connectivity index (χ2v) is 9.88. The van der Waals surface area contributed by atoms with E-state index >= 15 is 0 Å². The lowest BCUT2D eigenvalue weighted by atomic mass is 10.1. The monoisotopic (exact) mass is 463 g/mol. The van der Waals surface area contributed by atoms with Gasteiger partial charge in [0.2, 0.25) is 15.9 Å². The normalized spacial score (nSPS) is 11.5. The second kappa shape index (κ2) is 9.54. The summed E-state index contributed by atoms with van der Waals surface area (Å²) in [6, 6.07) is 11.0. The lowest BCUT2D eigenvalue weighted by Crippen LogP contribution is -2.22. The molecule has 0 aliphatic rings. The largest absolute Gasteiger partial charge is 0.494 e. The summed E-state index contributed by atoms with van der Waals surface area (Å²) in [5, 5.41) is 4.96. The molecule has 0 aliphatic heterocycles. The highest BCUT2D eigenvalue weighted by molar-refractivity contribution is 7.89. The van der Waals surface area contributed by atoms with Crippen LogP contribution < -0.4 is 10.1 Å². The number of aryl methyl sites for hydroxylation is 1. The Morgan fingerprint density at radius 1 is 1.19 bits per heavy atom. The number of nitrogens with zero attached hydrogens (tertiary/aromatic N) is 2. The fourth-order valence-corrected chi connectivity index (χ4v) is 4.41. The smallest absolute Gasteiger partial charge is 0.242 e. The van der Waals surface area contributed by atoms with Crippen LogP contribution in [0.4, 0.5) is 9.52 Å². The van der Waals surface area contributed by atoms with E-state index in [0.29, 0.717) is 22.8 Å². The molecule has 1 amide bonds. The summed E-state index contributed by atoms with van der Waals surface area (Å²) in [4.78, 5) is 16.8. The van der Waals surface area contributed by atoms with Crippen LogP contribution in [-0.4, -0.2) is 44.8 Å². The third-order valence-electron chi connectivity index (χ3n) is 4.54. The van der Waals surface area contributed by atoms with Gasteiger partial charge in [0, 0.05) is 31.5 Å². The number of halogens is 1. The molecule has 1 N–H and O–H groups in total. The number of carbonyl (C=O) groups excluding carboxylic acids is 1.